The van der Waals surface area contributed by atoms with E-state index in [9.17, 15) is 14.4 Å². The molecule has 4 aromatic carbocycles. The van der Waals surface area contributed by atoms with E-state index in [1.807, 2.05) is 122 Å². The zero-order chi connectivity index (χ0) is 30.6. The number of ether oxygens (including phenoxy) is 1. The van der Waals surface area contributed by atoms with Crippen LogP contribution in [0.25, 0.3) is 0 Å². The van der Waals surface area contributed by atoms with Gasteiger partial charge in [-0.2, -0.15) is 0 Å². The van der Waals surface area contributed by atoms with E-state index in [2.05, 4.69) is 21.2 Å². The summed E-state index contributed by atoms with van der Waals surface area (Å²) in [7, 11) is 0. The van der Waals surface area contributed by atoms with E-state index < -0.39 is 30.0 Å². The fourth-order valence-electron chi connectivity index (χ4n) is 5.11. The molecule has 0 heterocycles. The number of nitrogens with two attached hydrogens (primary N) is 1. The number of amides is 3. The van der Waals surface area contributed by atoms with Crippen LogP contribution >= 0.6 is 15.9 Å². The second-order valence-corrected chi connectivity index (χ2v) is 11.2. The summed E-state index contributed by atoms with van der Waals surface area (Å²) in [5.74, 6) is -1.48. The first-order chi connectivity index (χ1) is 20.8. The van der Waals surface area contributed by atoms with Crippen LogP contribution in [0.4, 0.5) is 4.79 Å². The summed E-state index contributed by atoms with van der Waals surface area (Å²) in [4.78, 5) is 41.6. The molecule has 222 valence electrons. The maximum Gasteiger partial charge on any atom is 0.407 e. The van der Waals surface area contributed by atoms with Gasteiger partial charge in [-0.05, 0) is 54.2 Å². The number of hydrogen-bond donors (Lipinski definition) is 2. The maximum atomic E-state index is 14.7. The van der Waals surface area contributed by atoms with Gasteiger partial charge in [0.2, 0.25) is 11.8 Å². The van der Waals surface area contributed by atoms with Crippen LogP contribution in [0, 0.1) is 0 Å². The van der Waals surface area contributed by atoms with Crippen molar-refractivity contribution in [1.82, 2.24) is 10.2 Å². The molecule has 43 heavy (non-hydrogen) atoms. The van der Waals surface area contributed by atoms with Gasteiger partial charge in [-0.1, -0.05) is 119 Å². The molecule has 2 atom stereocenters. The van der Waals surface area contributed by atoms with E-state index in [0.717, 1.165) is 26.7 Å². The van der Waals surface area contributed by atoms with E-state index in [1.165, 1.54) is 0 Å². The van der Waals surface area contributed by atoms with Gasteiger partial charge in [0.25, 0.3) is 0 Å². The molecular formula is C35H36BrN3O4. The predicted octanol–water partition coefficient (Wildman–Crippen LogP) is 6.73. The van der Waals surface area contributed by atoms with Crippen LogP contribution in [0.3, 0.4) is 0 Å². The molecule has 4 rings (SSSR count). The summed E-state index contributed by atoms with van der Waals surface area (Å²) in [5.41, 5.74) is 9.38. The molecule has 3 amide bonds. The smallest absolute Gasteiger partial charge is 0.407 e. The number of halogens is 1. The summed E-state index contributed by atoms with van der Waals surface area (Å²) in [5, 5.41) is 2.74. The quantitative estimate of drug-likeness (QED) is 0.158. The molecule has 8 heteroatoms. The zero-order valence-electron chi connectivity index (χ0n) is 24.1. The minimum atomic E-state index is -0.914. The molecule has 0 fully saturated rings. The van der Waals surface area contributed by atoms with E-state index in [-0.39, 0.29) is 25.5 Å². The van der Waals surface area contributed by atoms with Gasteiger partial charge in [0, 0.05) is 11.0 Å². The van der Waals surface area contributed by atoms with Crippen LogP contribution in [-0.4, -0.2) is 35.4 Å². The van der Waals surface area contributed by atoms with Gasteiger partial charge in [-0.25, -0.2) is 4.79 Å². The highest BCUT2D eigenvalue weighted by Gasteiger charge is 2.37. The maximum absolute atomic E-state index is 14.7. The molecule has 0 aromatic heterocycles. The first-order valence-electron chi connectivity index (χ1n) is 14.3. The van der Waals surface area contributed by atoms with Crippen molar-refractivity contribution in [2.24, 2.45) is 5.73 Å². The Morgan fingerprint density at radius 2 is 1.33 bits per heavy atom. The van der Waals surface area contributed by atoms with Crippen molar-refractivity contribution in [3.05, 3.63) is 142 Å². The molecule has 0 bridgehead atoms. The highest BCUT2D eigenvalue weighted by molar-refractivity contribution is 9.10. The molecule has 4 aromatic rings. The van der Waals surface area contributed by atoms with Crippen LogP contribution in [0.2, 0.25) is 0 Å². The lowest BCUT2D eigenvalue weighted by Gasteiger charge is -2.38. The molecular weight excluding hydrogens is 606 g/mol. The lowest BCUT2D eigenvalue weighted by atomic mass is 9.88. The minimum Gasteiger partial charge on any atom is -0.445 e. The van der Waals surface area contributed by atoms with Crippen molar-refractivity contribution in [2.75, 3.05) is 6.54 Å². The fraction of sp³-hybridized carbons (Fsp3) is 0.229. The number of benzene rings is 4. The zero-order valence-corrected chi connectivity index (χ0v) is 25.7. The van der Waals surface area contributed by atoms with Gasteiger partial charge in [-0.15, -0.1) is 0 Å². The molecule has 0 unspecified atom stereocenters. The Morgan fingerprint density at radius 3 is 1.86 bits per heavy atom. The standard InChI is InChI=1S/C35H36BrN3O4/c1-25(27-19-21-30(36)22-20-27)39(34(41)32(28-14-7-3-8-15-28)29-16-9-4-10-17-29)31(33(37)40)18-11-23-38-35(42)43-24-26-12-5-2-6-13-26/h2-10,12-17,19-22,25,31-32H,11,18,23-24H2,1H3,(H2,37,40)(H,38,42)/t25-,31+/m0/s1. The molecule has 3 N–H and O–H groups in total. The first-order valence-corrected chi connectivity index (χ1v) is 15.1. The van der Waals surface area contributed by atoms with Crippen LogP contribution in [-0.2, 0) is 20.9 Å². The Bertz CT molecular complexity index is 1430. The molecule has 0 spiro atoms. The molecule has 0 aliphatic carbocycles. The summed E-state index contributed by atoms with van der Waals surface area (Å²) >= 11 is 3.48. The Kier molecular flexibility index (Phi) is 11.5. The highest BCUT2D eigenvalue weighted by Crippen LogP contribution is 2.33. The number of nitrogens with one attached hydrogen (secondary N) is 1. The van der Waals surface area contributed by atoms with Gasteiger partial charge in [0.05, 0.1) is 12.0 Å². The SMILES string of the molecule is C[C@@H](c1ccc(Br)cc1)N(C(=O)C(c1ccccc1)c1ccccc1)[C@H](CCCNC(=O)OCc1ccccc1)C(N)=O. The predicted molar refractivity (Wildman–Crippen MR) is 171 cm³/mol. The summed E-state index contributed by atoms with van der Waals surface area (Å²) in [6, 6.07) is 34.8. The van der Waals surface area contributed by atoms with E-state index >= 15 is 0 Å². The second kappa shape index (κ2) is 15.7. The second-order valence-electron chi connectivity index (χ2n) is 10.3. The number of rotatable bonds is 13. The van der Waals surface area contributed by atoms with Crippen molar-refractivity contribution in [3.8, 4) is 0 Å². The average molecular weight is 643 g/mol. The number of carbonyl (C=O) groups is 3. The number of primary amides is 1. The monoisotopic (exact) mass is 641 g/mol. The summed E-state index contributed by atoms with van der Waals surface area (Å²) in [6.45, 7) is 2.32. The van der Waals surface area contributed by atoms with Gasteiger partial charge in [0.15, 0.2) is 0 Å². The molecule has 0 radical (unpaired) electrons. The lowest BCUT2D eigenvalue weighted by molar-refractivity contribution is -0.142. The molecule has 0 saturated carbocycles. The Labute approximate surface area is 261 Å². The van der Waals surface area contributed by atoms with Crippen molar-refractivity contribution in [3.63, 3.8) is 0 Å². The fourth-order valence-corrected chi connectivity index (χ4v) is 5.38. The largest absolute Gasteiger partial charge is 0.445 e. The van der Waals surface area contributed by atoms with E-state index in [1.54, 1.807) is 4.90 Å². The van der Waals surface area contributed by atoms with E-state index in [4.69, 9.17) is 10.5 Å². The van der Waals surface area contributed by atoms with Crippen molar-refractivity contribution < 1.29 is 19.1 Å². The number of hydrogen-bond acceptors (Lipinski definition) is 4. The van der Waals surface area contributed by atoms with Gasteiger partial charge >= 0.3 is 6.09 Å². The van der Waals surface area contributed by atoms with Crippen molar-refractivity contribution >= 4 is 33.8 Å². The van der Waals surface area contributed by atoms with Crippen molar-refractivity contribution in [1.29, 1.82) is 0 Å². The Morgan fingerprint density at radius 1 is 0.791 bits per heavy atom. The third-order valence-corrected chi connectivity index (χ3v) is 7.87. The molecule has 0 saturated heterocycles. The van der Waals surface area contributed by atoms with Gasteiger partial charge in [-0.3, -0.25) is 9.59 Å². The number of carbonyl (C=O) groups excluding carboxylic acids is 3. The molecule has 0 aliphatic heterocycles. The number of nitrogens with zero attached hydrogens (tertiary/aromatic N) is 1. The van der Waals surface area contributed by atoms with Gasteiger partial charge in [0.1, 0.15) is 12.6 Å². The Hall–Kier alpha value is -4.43. The highest BCUT2D eigenvalue weighted by atomic mass is 79.9. The van der Waals surface area contributed by atoms with Crippen LogP contribution in [0.15, 0.2) is 120 Å². The third-order valence-electron chi connectivity index (χ3n) is 7.34. The van der Waals surface area contributed by atoms with Crippen molar-refractivity contribution in [2.45, 2.75) is 44.4 Å². The topological polar surface area (TPSA) is 102 Å². The average Bonchev–Trinajstić information content (AvgIpc) is 3.03. The number of alkyl carbamates (subject to hydrolysis) is 1. The van der Waals surface area contributed by atoms with E-state index in [0.29, 0.717) is 6.42 Å². The summed E-state index contributed by atoms with van der Waals surface area (Å²) < 4.78 is 6.20. The minimum absolute atomic E-state index is 0.157. The first kappa shape index (κ1) is 31.5. The van der Waals surface area contributed by atoms with Crippen LogP contribution in [0.5, 0.6) is 0 Å². The van der Waals surface area contributed by atoms with Gasteiger partial charge < -0.3 is 20.7 Å². The lowest BCUT2D eigenvalue weighted by Crippen LogP contribution is -2.51. The third kappa shape index (κ3) is 8.78. The van der Waals surface area contributed by atoms with Crippen LogP contribution < -0.4 is 11.1 Å². The Balaban J connectivity index is 1.56. The normalized spacial score (nSPS) is 12.3. The van der Waals surface area contributed by atoms with Crippen LogP contribution in [0.1, 0.15) is 54.0 Å². The summed E-state index contributed by atoms with van der Waals surface area (Å²) in [6.07, 6.45) is 0.118. The molecule has 0 aliphatic rings. The molecule has 7 nitrogen and oxygen atoms in total.